The van der Waals surface area contributed by atoms with Gasteiger partial charge in [-0.1, -0.05) is 0 Å². The zero-order valence-corrected chi connectivity index (χ0v) is 9.68. The van der Waals surface area contributed by atoms with E-state index in [1.807, 2.05) is 0 Å². The molecule has 0 unspecified atom stereocenters. The number of hydrogen-bond donors (Lipinski definition) is 3. The topological polar surface area (TPSA) is 125 Å². The second kappa shape index (κ2) is 4.45. The van der Waals surface area contributed by atoms with Crippen molar-refractivity contribution in [2.45, 2.75) is 5.03 Å². The Kier molecular flexibility index (Phi) is 2.98. The molecular weight excluding hydrogens is 260 g/mol. The van der Waals surface area contributed by atoms with Crippen LogP contribution in [0.3, 0.4) is 0 Å². The number of nitrogens with zero attached hydrogens (tertiary/aromatic N) is 2. The summed E-state index contributed by atoms with van der Waals surface area (Å²) in [6, 6.07) is 3.89. The van der Waals surface area contributed by atoms with E-state index in [0.29, 0.717) is 0 Å². The summed E-state index contributed by atoms with van der Waals surface area (Å²) in [7, 11) is -3.92. The zero-order valence-electron chi connectivity index (χ0n) is 8.86. The number of carboxylic acids is 1. The molecule has 2 heterocycles. The Morgan fingerprint density at radius 3 is 2.72 bits per heavy atom. The molecule has 0 spiro atoms. The fourth-order valence-corrected chi connectivity index (χ4v) is 2.17. The minimum atomic E-state index is -3.92. The van der Waals surface area contributed by atoms with Crippen LogP contribution in [-0.2, 0) is 10.0 Å². The molecule has 2 aromatic heterocycles. The first-order valence-corrected chi connectivity index (χ1v) is 6.19. The van der Waals surface area contributed by atoms with Crippen LogP contribution in [0, 0.1) is 0 Å². The number of sulfonamides is 1. The minimum Gasteiger partial charge on any atom is -0.478 e. The van der Waals surface area contributed by atoms with Crippen LogP contribution in [-0.4, -0.2) is 34.7 Å². The van der Waals surface area contributed by atoms with Gasteiger partial charge in [0.25, 0.3) is 10.0 Å². The van der Waals surface area contributed by atoms with Crippen LogP contribution >= 0.6 is 0 Å². The number of aromatic amines is 1. The number of pyridine rings is 1. The number of aromatic nitrogens is 3. The highest BCUT2D eigenvalue weighted by molar-refractivity contribution is 7.92. The fraction of sp³-hybridized carbons (Fsp3) is 0. The maximum Gasteiger partial charge on any atom is 0.339 e. The van der Waals surface area contributed by atoms with E-state index in [2.05, 4.69) is 19.9 Å². The lowest BCUT2D eigenvalue weighted by atomic mass is 10.3. The molecule has 0 radical (unpaired) electrons. The molecule has 0 fully saturated rings. The molecule has 9 heteroatoms. The van der Waals surface area contributed by atoms with Crippen LogP contribution in [0.25, 0.3) is 0 Å². The summed E-state index contributed by atoms with van der Waals surface area (Å²) in [6.45, 7) is 0. The Hall–Kier alpha value is -2.42. The number of hydrogen-bond acceptors (Lipinski definition) is 5. The molecule has 0 bridgehead atoms. The Labute approximate surface area is 102 Å². The highest BCUT2D eigenvalue weighted by atomic mass is 32.2. The summed E-state index contributed by atoms with van der Waals surface area (Å²) in [6.07, 6.45) is 2.56. The number of anilines is 1. The van der Waals surface area contributed by atoms with Gasteiger partial charge < -0.3 is 5.11 Å². The number of carbonyl (C=O) groups is 1. The van der Waals surface area contributed by atoms with Gasteiger partial charge in [0.05, 0.1) is 6.20 Å². The van der Waals surface area contributed by atoms with Gasteiger partial charge in [-0.3, -0.25) is 9.82 Å². The number of aromatic carboxylic acids is 1. The lowest BCUT2D eigenvalue weighted by Crippen LogP contribution is -2.17. The van der Waals surface area contributed by atoms with Crippen LogP contribution in [0.5, 0.6) is 0 Å². The predicted molar refractivity (Wildman–Crippen MR) is 60.6 cm³/mol. The van der Waals surface area contributed by atoms with E-state index in [9.17, 15) is 13.2 Å². The standard InChI is InChI=1S/C9H8N4O4S/c14-9(15)6-2-1-4-10-8(6)13-18(16,17)7-3-5-11-12-7/h1-5H,(H,10,13)(H,11,12)(H,14,15). The highest BCUT2D eigenvalue weighted by Crippen LogP contribution is 2.16. The molecular formula is C9H8N4O4S. The Morgan fingerprint density at radius 1 is 1.33 bits per heavy atom. The molecule has 0 aromatic carbocycles. The van der Waals surface area contributed by atoms with Crippen LogP contribution in [0.2, 0.25) is 0 Å². The second-order valence-corrected chi connectivity index (χ2v) is 4.88. The van der Waals surface area contributed by atoms with Crippen molar-refractivity contribution < 1.29 is 18.3 Å². The van der Waals surface area contributed by atoms with Crippen molar-refractivity contribution in [2.24, 2.45) is 0 Å². The SMILES string of the molecule is O=C(O)c1cccnc1NS(=O)(=O)c1ccn[nH]1. The fourth-order valence-electron chi connectivity index (χ4n) is 1.23. The van der Waals surface area contributed by atoms with Gasteiger partial charge in [-0.15, -0.1) is 0 Å². The van der Waals surface area contributed by atoms with Gasteiger partial charge in [-0.05, 0) is 18.2 Å². The number of nitrogens with one attached hydrogen (secondary N) is 2. The van der Waals surface area contributed by atoms with Crippen LogP contribution in [0.1, 0.15) is 10.4 Å². The van der Waals surface area contributed by atoms with Gasteiger partial charge in [-0.2, -0.15) is 13.5 Å². The molecule has 0 saturated heterocycles. The Bertz CT molecular complexity index is 666. The summed E-state index contributed by atoms with van der Waals surface area (Å²) in [4.78, 5) is 14.6. The molecule has 2 aromatic rings. The van der Waals surface area contributed by atoms with E-state index in [0.717, 1.165) is 0 Å². The van der Waals surface area contributed by atoms with Crippen molar-refractivity contribution in [3.63, 3.8) is 0 Å². The van der Waals surface area contributed by atoms with Gasteiger partial charge in [0.15, 0.2) is 10.8 Å². The van der Waals surface area contributed by atoms with Crippen molar-refractivity contribution in [1.29, 1.82) is 0 Å². The zero-order chi connectivity index (χ0) is 13.2. The largest absolute Gasteiger partial charge is 0.478 e. The van der Waals surface area contributed by atoms with Gasteiger partial charge >= 0.3 is 5.97 Å². The predicted octanol–water partition coefficient (Wildman–Crippen LogP) is 0.304. The molecule has 3 N–H and O–H groups in total. The first-order chi connectivity index (χ1) is 8.50. The average molecular weight is 268 g/mol. The first kappa shape index (κ1) is 12.0. The molecule has 0 saturated carbocycles. The third-order valence-corrected chi connectivity index (χ3v) is 3.30. The summed E-state index contributed by atoms with van der Waals surface area (Å²) in [5, 5.41) is 14.5. The molecule has 0 atom stereocenters. The van der Waals surface area contributed by atoms with Gasteiger partial charge in [0.2, 0.25) is 0 Å². The molecule has 0 amide bonds. The van der Waals surface area contributed by atoms with E-state index in [1.165, 1.54) is 30.6 Å². The molecule has 94 valence electrons. The van der Waals surface area contributed by atoms with E-state index >= 15 is 0 Å². The average Bonchev–Trinajstić information content (AvgIpc) is 2.83. The lowest BCUT2D eigenvalue weighted by Gasteiger charge is -2.07. The van der Waals surface area contributed by atoms with Gasteiger partial charge in [0.1, 0.15) is 5.56 Å². The number of carboxylic acid groups (broad SMARTS) is 1. The van der Waals surface area contributed by atoms with E-state index in [-0.39, 0.29) is 16.4 Å². The van der Waals surface area contributed by atoms with Crippen LogP contribution in [0.4, 0.5) is 5.82 Å². The molecule has 2 rings (SSSR count). The maximum absolute atomic E-state index is 11.8. The van der Waals surface area contributed by atoms with Crippen LogP contribution < -0.4 is 4.72 Å². The quantitative estimate of drug-likeness (QED) is 0.732. The van der Waals surface area contributed by atoms with E-state index < -0.39 is 16.0 Å². The lowest BCUT2D eigenvalue weighted by molar-refractivity contribution is 0.0697. The number of rotatable bonds is 4. The smallest absolute Gasteiger partial charge is 0.339 e. The normalized spacial score (nSPS) is 11.1. The molecule has 8 nitrogen and oxygen atoms in total. The van der Waals surface area contributed by atoms with Crippen molar-refractivity contribution in [1.82, 2.24) is 15.2 Å². The summed E-state index contributed by atoms with van der Waals surface area (Å²) in [5.74, 6) is -1.52. The Morgan fingerprint density at radius 2 is 2.11 bits per heavy atom. The maximum atomic E-state index is 11.8. The van der Waals surface area contributed by atoms with Crippen LogP contribution in [0.15, 0.2) is 35.6 Å². The molecule has 18 heavy (non-hydrogen) atoms. The van der Waals surface area contributed by atoms with Gasteiger partial charge in [-0.25, -0.2) is 9.78 Å². The molecule has 0 aliphatic carbocycles. The monoisotopic (exact) mass is 268 g/mol. The summed E-state index contributed by atoms with van der Waals surface area (Å²) < 4.78 is 25.7. The van der Waals surface area contributed by atoms with E-state index in [1.54, 1.807) is 0 Å². The van der Waals surface area contributed by atoms with Crippen molar-refractivity contribution >= 4 is 21.8 Å². The molecule has 0 aliphatic rings. The highest BCUT2D eigenvalue weighted by Gasteiger charge is 2.20. The first-order valence-electron chi connectivity index (χ1n) is 4.71. The molecule has 0 aliphatic heterocycles. The van der Waals surface area contributed by atoms with Gasteiger partial charge in [0, 0.05) is 6.20 Å². The third kappa shape index (κ3) is 2.30. The van der Waals surface area contributed by atoms with E-state index in [4.69, 9.17) is 5.11 Å². The third-order valence-electron chi connectivity index (χ3n) is 2.03. The second-order valence-electron chi connectivity index (χ2n) is 3.23. The van der Waals surface area contributed by atoms with Crippen molar-refractivity contribution in [3.8, 4) is 0 Å². The van der Waals surface area contributed by atoms with Crippen molar-refractivity contribution in [3.05, 3.63) is 36.2 Å². The Balaban J connectivity index is 2.39. The number of H-pyrrole nitrogens is 1. The minimum absolute atomic E-state index is 0.176. The summed E-state index contributed by atoms with van der Waals surface area (Å²) in [5.41, 5.74) is -0.236. The van der Waals surface area contributed by atoms with Crippen molar-refractivity contribution in [2.75, 3.05) is 4.72 Å². The summed E-state index contributed by atoms with van der Waals surface area (Å²) >= 11 is 0.